The van der Waals surface area contributed by atoms with E-state index in [0.29, 0.717) is 5.92 Å². The number of carbonyl (C=O) groups is 1. The zero-order valence-electron chi connectivity index (χ0n) is 14.5. The first-order valence-corrected chi connectivity index (χ1v) is 8.49. The summed E-state index contributed by atoms with van der Waals surface area (Å²) in [6.07, 6.45) is 0.854. The van der Waals surface area contributed by atoms with Crippen molar-refractivity contribution in [3.05, 3.63) is 17.6 Å². The van der Waals surface area contributed by atoms with Gasteiger partial charge in [0.15, 0.2) is 0 Å². The highest BCUT2D eigenvalue weighted by Gasteiger charge is 2.37. The smallest absolute Gasteiger partial charge is 0.323 e. The SMILES string of the molecule is Cc1cc(N2CCN(C3CC(C)OC3=O)CC2)nc(C(C)C)n1. The van der Waals surface area contributed by atoms with Crippen molar-refractivity contribution in [1.82, 2.24) is 14.9 Å². The van der Waals surface area contributed by atoms with Crippen LogP contribution in [0, 0.1) is 6.92 Å². The minimum Gasteiger partial charge on any atom is -0.461 e. The lowest BCUT2D eigenvalue weighted by atomic mass is 10.1. The van der Waals surface area contributed by atoms with E-state index in [1.807, 2.05) is 19.9 Å². The molecule has 6 nitrogen and oxygen atoms in total. The van der Waals surface area contributed by atoms with Gasteiger partial charge in [0.25, 0.3) is 0 Å². The van der Waals surface area contributed by atoms with E-state index in [4.69, 9.17) is 9.72 Å². The van der Waals surface area contributed by atoms with Crippen LogP contribution in [0.1, 0.15) is 44.6 Å². The van der Waals surface area contributed by atoms with E-state index in [9.17, 15) is 4.79 Å². The molecule has 6 heteroatoms. The molecule has 0 amide bonds. The van der Waals surface area contributed by atoms with Crippen LogP contribution in [0.2, 0.25) is 0 Å². The molecule has 0 aromatic carbocycles. The van der Waals surface area contributed by atoms with Gasteiger partial charge in [-0.05, 0) is 13.8 Å². The van der Waals surface area contributed by atoms with E-state index < -0.39 is 0 Å². The van der Waals surface area contributed by atoms with Crippen LogP contribution >= 0.6 is 0 Å². The summed E-state index contributed by atoms with van der Waals surface area (Å²) in [5.41, 5.74) is 1.01. The fourth-order valence-corrected chi connectivity index (χ4v) is 3.29. The van der Waals surface area contributed by atoms with E-state index in [2.05, 4.69) is 28.6 Å². The van der Waals surface area contributed by atoms with Gasteiger partial charge in [-0.2, -0.15) is 0 Å². The molecule has 2 atom stereocenters. The number of rotatable bonds is 3. The summed E-state index contributed by atoms with van der Waals surface area (Å²) in [5, 5.41) is 0. The standard InChI is InChI=1S/C17H26N4O2/c1-11(2)16-18-12(3)9-15(19-16)21-7-5-20(6-8-21)14-10-13(4)23-17(14)22/h9,11,13-14H,5-8,10H2,1-4H3. The first-order valence-electron chi connectivity index (χ1n) is 8.49. The summed E-state index contributed by atoms with van der Waals surface area (Å²) in [6.45, 7) is 11.7. The lowest BCUT2D eigenvalue weighted by Gasteiger charge is -2.37. The number of aryl methyl sites for hydroxylation is 1. The topological polar surface area (TPSA) is 58.6 Å². The van der Waals surface area contributed by atoms with E-state index in [0.717, 1.165) is 49.9 Å². The number of nitrogens with zero attached hydrogens (tertiary/aromatic N) is 4. The second-order valence-electron chi connectivity index (χ2n) is 6.90. The third-order valence-corrected chi connectivity index (χ3v) is 4.60. The first kappa shape index (κ1) is 16.2. The molecule has 0 spiro atoms. The van der Waals surface area contributed by atoms with Gasteiger partial charge in [-0.1, -0.05) is 13.8 Å². The van der Waals surface area contributed by atoms with Crippen molar-refractivity contribution in [3.8, 4) is 0 Å². The van der Waals surface area contributed by atoms with Crippen molar-refractivity contribution in [1.29, 1.82) is 0 Å². The highest BCUT2D eigenvalue weighted by Crippen LogP contribution is 2.23. The van der Waals surface area contributed by atoms with Gasteiger partial charge >= 0.3 is 5.97 Å². The predicted molar refractivity (Wildman–Crippen MR) is 88.6 cm³/mol. The first-order chi connectivity index (χ1) is 10.9. The van der Waals surface area contributed by atoms with Crippen LogP contribution in [0.25, 0.3) is 0 Å². The Morgan fingerprint density at radius 2 is 1.91 bits per heavy atom. The average molecular weight is 318 g/mol. The normalized spacial score (nSPS) is 26.0. The zero-order valence-corrected chi connectivity index (χ0v) is 14.5. The fourth-order valence-electron chi connectivity index (χ4n) is 3.29. The van der Waals surface area contributed by atoms with E-state index in [1.54, 1.807) is 0 Å². The van der Waals surface area contributed by atoms with Crippen LogP contribution in [0.3, 0.4) is 0 Å². The molecule has 1 aromatic heterocycles. The molecule has 126 valence electrons. The molecular weight excluding hydrogens is 292 g/mol. The minimum absolute atomic E-state index is 0.0450. The fraction of sp³-hybridized carbons (Fsp3) is 0.706. The monoisotopic (exact) mass is 318 g/mol. The maximum Gasteiger partial charge on any atom is 0.323 e. The molecule has 2 unspecified atom stereocenters. The van der Waals surface area contributed by atoms with Crippen LogP contribution in [0.15, 0.2) is 6.07 Å². The number of esters is 1. The van der Waals surface area contributed by atoms with Gasteiger partial charge < -0.3 is 9.64 Å². The van der Waals surface area contributed by atoms with Crippen LogP contribution < -0.4 is 4.90 Å². The lowest BCUT2D eigenvalue weighted by Crippen LogP contribution is -2.52. The molecule has 2 fully saturated rings. The number of anilines is 1. The zero-order chi connectivity index (χ0) is 16.6. The van der Waals surface area contributed by atoms with Crippen LogP contribution in [0.5, 0.6) is 0 Å². The maximum absolute atomic E-state index is 11.9. The molecule has 2 saturated heterocycles. The maximum atomic E-state index is 11.9. The van der Waals surface area contributed by atoms with E-state index >= 15 is 0 Å². The molecule has 3 heterocycles. The number of piperazine rings is 1. The van der Waals surface area contributed by atoms with Crippen molar-refractivity contribution in [2.24, 2.45) is 0 Å². The molecule has 2 aliphatic heterocycles. The number of aromatic nitrogens is 2. The lowest BCUT2D eigenvalue weighted by molar-refractivity contribution is -0.144. The molecule has 1 aromatic rings. The van der Waals surface area contributed by atoms with Crippen molar-refractivity contribution in [2.75, 3.05) is 31.1 Å². The Hall–Kier alpha value is -1.69. The van der Waals surface area contributed by atoms with Crippen LogP contribution in [-0.2, 0) is 9.53 Å². The van der Waals surface area contributed by atoms with Gasteiger partial charge in [0.05, 0.1) is 0 Å². The second kappa shape index (κ2) is 6.43. The van der Waals surface area contributed by atoms with Crippen LogP contribution in [0.4, 0.5) is 5.82 Å². The molecule has 0 radical (unpaired) electrons. The number of hydrogen-bond donors (Lipinski definition) is 0. The summed E-state index contributed by atoms with van der Waals surface area (Å²) in [7, 11) is 0. The highest BCUT2D eigenvalue weighted by molar-refractivity contribution is 5.78. The van der Waals surface area contributed by atoms with Gasteiger partial charge in [0, 0.05) is 50.3 Å². The van der Waals surface area contributed by atoms with Crippen molar-refractivity contribution >= 4 is 11.8 Å². The third kappa shape index (κ3) is 3.47. The Balaban J connectivity index is 1.66. The quantitative estimate of drug-likeness (QED) is 0.791. The molecule has 2 aliphatic rings. The summed E-state index contributed by atoms with van der Waals surface area (Å²) < 4.78 is 5.28. The van der Waals surface area contributed by atoms with Crippen molar-refractivity contribution < 1.29 is 9.53 Å². The van der Waals surface area contributed by atoms with Crippen LogP contribution in [-0.4, -0.2) is 59.2 Å². The number of ether oxygens (including phenoxy) is 1. The molecule has 23 heavy (non-hydrogen) atoms. The van der Waals surface area contributed by atoms with Gasteiger partial charge in [-0.3, -0.25) is 9.69 Å². The number of carbonyl (C=O) groups excluding carboxylic acids is 1. The van der Waals surface area contributed by atoms with Gasteiger partial charge in [0.2, 0.25) is 0 Å². The van der Waals surface area contributed by atoms with Gasteiger partial charge in [-0.25, -0.2) is 9.97 Å². The highest BCUT2D eigenvalue weighted by atomic mass is 16.6. The van der Waals surface area contributed by atoms with Gasteiger partial charge in [-0.15, -0.1) is 0 Å². The predicted octanol–water partition coefficient (Wildman–Crippen LogP) is 1.73. The van der Waals surface area contributed by atoms with Gasteiger partial charge in [0.1, 0.15) is 23.8 Å². The third-order valence-electron chi connectivity index (χ3n) is 4.60. The molecule has 0 bridgehead atoms. The summed E-state index contributed by atoms with van der Waals surface area (Å²) in [4.78, 5) is 25.7. The van der Waals surface area contributed by atoms with E-state index in [1.165, 1.54) is 0 Å². The number of cyclic esters (lactones) is 1. The Labute approximate surface area is 137 Å². The Morgan fingerprint density at radius 3 is 2.48 bits per heavy atom. The molecule has 0 aliphatic carbocycles. The Kier molecular flexibility index (Phi) is 4.53. The van der Waals surface area contributed by atoms with Crippen molar-refractivity contribution in [3.63, 3.8) is 0 Å². The second-order valence-corrected chi connectivity index (χ2v) is 6.90. The Morgan fingerprint density at radius 1 is 1.22 bits per heavy atom. The summed E-state index contributed by atoms with van der Waals surface area (Å²) >= 11 is 0. The molecule has 3 rings (SSSR count). The summed E-state index contributed by atoms with van der Waals surface area (Å²) in [5.74, 6) is 2.16. The average Bonchev–Trinajstić information content (AvgIpc) is 2.85. The Bertz CT molecular complexity index is 582. The van der Waals surface area contributed by atoms with Crippen molar-refractivity contribution in [2.45, 2.75) is 52.2 Å². The largest absolute Gasteiger partial charge is 0.461 e. The van der Waals surface area contributed by atoms with E-state index in [-0.39, 0.29) is 18.1 Å². The molecule has 0 N–H and O–H groups in total. The molecule has 0 saturated carbocycles. The minimum atomic E-state index is -0.0643. The number of hydrogen-bond acceptors (Lipinski definition) is 6. The summed E-state index contributed by atoms with van der Waals surface area (Å²) in [6, 6.07) is 1.98. The molecular formula is C17H26N4O2.